The van der Waals surface area contributed by atoms with Gasteiger partial charge < -0.3 is 0 Å². The Morgan fingerprint density at radius 1 is 1.05 bits per heavy atom. The van der Waals surface area contributed by atoms with Gasteiger partial charge in [-0.15, -0.1) is 34.5 Å². The van der Waals surface area contributed by atoms with Gasteiger partial charge in [-0.3, -0.25) is 0 Å². The summed E-state index contributed by atoms with van der Waals surface area (Å²) in [5.74, 6) is 0. The van der Waals surface area contributed by atoms with Crippen molar-refractivity contribution in [3.8, 4) is 11.1 Å². The van der Waals surface area contributed by atoms with E-state index in [9.17, 15) is 0 Å². The van der Waals surface area contributed by atoms with Crippen molar-refractivity contribution in [2.75, 3.05) is 0 Å². The molecule has 3 aromatic rings. The fourth-order valence-electron chi connectivity index (χ4n) is 2.42. The molecular weight excluding hydrogens is 446 g/mol. The Bertz CT molecular complexity index is 722. The first kappa shape index (κ1) is 17.3. The van der Waals surface area contributed by atoms with Gasteiger partial charge in [0.1, 0.15) is 0 Å². The van der Waals surface area contributed by atoms with Crippen LogP contribution in [0.15, 0.2) is 59.1 Å². The van der Waals surface area contributed by atoms with Crippen LogP contribution in [-0.2, 0) is 27.3 Å². The van der Waals surface area contributed by atoms with E-state index in [1.54, 1.807) is 0 Å². The number of halogens is 3. The average molecular weight is 460 g/mol. The summed E-state index contributed by atoms with van der Waals surface area (Å²) in [6.07, 6.45) is 1.09. The molecule has 0 N–H and O–H groups in total. The van der Waals surface area contributed by atoms with Crippen LogP contribution in [0.5, 0.6) is 0 Å². The van der Waals surface area contributed by atoms with Gasteiger partial charge in [0.05, 0.1) is 0 Å². The first-order valence-corrected chi connectivity index (χ1v) is 13.7. The van der Waals surface area contributed by atoms with Crippen LogP contribution in [0.2, 0.25) is 0 Å². The molecule has 108 valence electrons. The first-order valence-electron chi connectivity index (χ1n) is 6.60. The Morgan fingerprint density at radius 2 is 1.71 bits per heavy atom. The van der Waals surface area contributed by atoms with Crippen LogP contribution < -0.4 is 0 Å². The molecule has 0 atom stereocenters. The minimum atomic E-state index is -0.826. The number of hydrogen-bond donors (Lipinski definition) is 0. The molecule has 0 aromatic heterocycles. The summed E-state index contributed by atoms with van der Waals surface area (Å²) in [5.41, 5.74) is 3.97. The number of rotatable bonds is 2. The molecule has 3 rings (SSSR count). The molecule has 0 spiro atoms. The number of hydrogen-bond acceptors (Lipinski definition) is 0. The van der Waals surface area contributed by atoms with E-state index in [4.69, 9.17) is 17.0 Å². The molecule has 0 radical (unpaired) electrons. The van der Waals surface area contributed by atoms with E-state index < -0.39 is 20.8 Å². The van der Waals surface area contributed by atoms with Gasteiger partial charge in [0.15, 0.2) is 0 Å². The first-order chi connectivity index (χ1) is 10.2. The monoisotopic (exact) mass is 457 g/mol. The Hall–Kier alpha value is -0.00688. The van der Waals surface area contributed by atoms with E-state index in [1.165, 1.54) is 27.5 Å². The van der Waals surface area contributed by atoms with E-state index in [0.717, 1.165) is 10.9 Å². The molecule has 0 saturated heterocycles. The maximum absolute atomic E-state index is 4.93. The molecule has 0 fully saturated rings. The summed E-state index contributed by atoms with van der Waals surface area (Å²) in [5, 5.41) is 2.68. The molecule has 0 saturated carbocycles. The van der Waals surface area contributed by atoms with Crippen LogP contribution in [0.4, 0.5) is 0 Å². The summed E-state index contributed by atoms with van der Waals surface area (Å²) < 4.78 is 1.15. The van der Waals surface area contributed by atoms with Crippen molar-refractivity contribution >= 4 is 43.7 Å². The molecule has 0 aliphatic carbocycles. The summed E-state index contributed by atoms with van der Waals surface area (Å²) >= 11 is 2.82. The second-order valence-corrected chi connectivity index (χ2v) is 9.16. The van der Waals surface area contributed by atoms with E-state index in [2.05, 4.69) is 77.5 Å². The molecule has 0 amide bonds. The zero-order chi connectivity index (χ0) is 15.2. The average Bonchev–Trinajstić information content (AvgIpc) is 2.92. The molecule has 0 aliphatic heterocycles. The van der Waals surface area contributed by atoms with E-state index >= 15 is 0 Å². The van der Waals surface area contributed by atoms with Gasteiger partial charge in [-0.25, -0.2) is 0 Å². The normalized spacial score (nSPS) is 10.1. The topological polar surface area (TPSA) is 0 Å². The van der Waals surface area contributed by atoms with Gasteiger partial charge in [0.25, 0.3) is 0 Å². The van der Waals surface area contributed by atoms with Crippen molar-refractivity contribution in [3.05, 3.63) is 64.6 Å². The Kier molecular flexibility index (Phi) is 7.09. The molecule has 0 heterocycles. The summed E-state index contributed by atoms with van der Waals surface area (Å²) in [4.78, 5) is 0. The van der Waals surface area contributed by atoms with Gasteiger partial charge >= 0.3 is 37.9 Å². The SMILES string of the molecule is CCc1cc2c(-c3ccccc3Br)cccc2[cH-]1.[Cl][Zr][Cl]. The molecule has 4 heteroatoms. The maximum atomic E-state index is 4.93. The quantitative estimate of drug-likeness (QED) is 0.364. The Labute approximate surface area is 152 Å². The van der Waals surface area contributed by atoms with Gasteiger partial charge in [-0.1, -0.05) is 52.7 Å². The van der Waals surface area contributed by atoms with Crippen molar-refractivity contribution in [2.45, 2.75) is 13.3 Å². The van der Waals surface area contributed by atoms with Crippen LogP contribution in [0.3, 0.4) is 0 Å². The second-order valence-electron chi connectivity index (χ2n) is 4.58. The van der Waals surface area contributed by atoms with E-state index in [-0.39, 0.29) is 0 Å². The number of benzene rings is 2. The van der Waals surface area contributed by atoms with E-state index in [0.29, 0.717) is 0 Å². The van der Waals surface area contributed by atoms with Gasteiger partial charge in [-0.05, 0) is 18.1 Å². The fourth-order valence-corrected chi connectivity index (χ4v) is 2.91. The molecule has 21 heavy (non-hydrogen) atoms. The van der Waals surface area contributed by atoms with Gasteiger partial charge in [0, 0.05) is 4.47 Å². The van der Waals surface area contributed by atoms with Crippen molar-refractivity contribution in [2.24, 2.45) is 0 Å². The van der Waals surface area contributed by atoms with Crippen molar-refractivity contribution < 1.29 is 20.8 Å². The Morgan fingerprint density at radius 3 is 2.38 bits per heavy atom. The summed E-state index contributed by atoms with van der Waals surface area (Å²) in [7, 11) is 9.87. The Balaban J connectivity index is 0.000000497. The van der Waals surface area contributed by atoms with Crippen LogP contribution in [0.1, 0.15) is 12.5 Å². The predicted octanol–water partition coefficient (Wildman–Crippen LogP) is 6.93. The third-order valence-corrected chi connectivity index (χ3v) is 4.07. The standard InChI is InChI=1S/C17H14Br.2ClH.Zr/c1-2-12-10-13-6-5-8-14(16(13)11-12)15-7-3-4-9-17(15)18;;;/h3-11H,2H2,1H3;2*1H;/q-1;;;+2/p-2. The zero-order valence-corrected chi connectivity index (χ0v) is 17.1. The molecule has 0 aliphatic rings. The third kappa shape index (κ3) is 4.26. The van der Waals surface area contributed by atoms with Crippen molar-refractivity contribution in [1.82, 2.24) is 0 Å². The van der Waals surface area contributed by atoms with Crippen LogP contribution in [0.25, 0.3) is 21.9 Å². The number of fused-ring (bicyclic) bond motifs is 1. The molecular formula is C17H14BrCl2Zr-. The molecule has 0 bridgehead atoms. The number of aryl methyl sites for hydroxylation is 1. The third-order valence-electron chi connectivity index (χ3n) is 3.38. The van der Waals surface area contributed by atoms with Gasteiger partial charge in [0.2, 0.25) is 0 Å². The van der Waals surface area contributed by atoms with Crippen molar-refractivity contribution in [1.29, 1.82) is 0 Å². The summed E-state index contributed by atoms with van der Waals surface area (Å²) in [6, 6.07) is 19.5. The molecule has 3 aromatic carbocycles. The molecule has 0 unspecified atom stereocenters. The molecule has 0 nitrogen and oxygen atoms in total. The summed E-state index contributed by atoms with van der Waals surface area (Å²) in [6.45, 7) is 2.20. The zero-order valence-electron chi connectivity index (χ0n) is 11.5. The predicted molar refractivity (Wildman–Crippen MR) is 93.8 cm³/mol. The van der Waals surface area contributed by atoms with Crippen LogP contribution >= 0.6 is 33.0 Å². The minimum absolute atomic E-state index is 0.826. The fraction of sp³-hybridized carbons (Fsp3) is 0.118. The van der Waals surface area contributed by atoms with Crippen LogP contribution in [0, 0.1) is 0 Å². The van der Waals surface area contributed by atoms with Crippen molar-refractivity contribution in [3.63, 3.8) is 0 Å². The second kappa shape index (κ2) is 8.58. The van der Waals surface area contributed by atoms with E-state index in [1.807, 2.05) is 0 Å². The van der Waals surface area contributed by atoms with Gasteiger partial charge in [-0.2, -0.15) is 6.07 Å². The van der Waals surface area contributed by atoms with Crippen LogP contribution in [-0.4, -0.2) is 0 Å².